The molecule has 0 unspecified atom stereocenters. The highest BCUT2D eigenvalue weighted by Gasteiger charge is 2.19. The van der Waals surface area contributed by atoms with Gasteiger partial charge in [-0.05, 0) is 37.5 Å². The van der Waals surface area contributed by atoms with Gasteiger partial charge in [0, 0.05) is 12.6 Å². The van der Waals surface area contributed by atoms with Crippen LogP contribution in [-0.2, 0) is 6.54 Å². The Morgan fingerprint density at radius 2 is 2.19 bits per heavy atom. The van der Waals surface area contributed by atoms with Crippen LogP contribution in [0.4, 0.5) is 0 Å². The summed E-state index contributed by atoms with van der Waals surface area (Å²) < 4.78 is 5.38. The summed E-state index contributed by atoms with van der Waals surface area (Å²) in [7, 11) is 0. The molecule has 0 spiro atoms. The lowest BCUT2D eigenvalue weighted by Gasteiger charge is -2.08. The summed E-state index contributed by atoms with van der Waals surface area (Å²) in [6.07, 6.45) is 2.62. The first-order valence-corrected chi connectivity index (χ1v) is 5.82. The van der Waals surface area contributed by atoms with Gasteiger partial charge in [-0.1, -0.05) is 17.7 Å². The maximum Gasteiger partial charge on any atom is 0.137 e. The molecule has 1 saturated carbocycles. The van der Waals surface area contributed by atoms with Crippen molar-refractivity contribution in [3.05, 3.63) is 28.8 Å². The standard InChI is InChI=1S/C12H16ClNO.ClH/c1-2-15-12-6-3-9(7-11(12)13)8-14-10-4-5-10;/h3,6-7,10,14H,2,4-5,8H2,1H3;1H. The monoisotopic (exact) mass is 261 g/mol. The maximum absolute atomic E-state index is 6.09. The molecule has 2 rings (SSSR count). The molecule has 0 bridgehead atoms. The molecule has 0 aliphatic heterocycles. The second-order valence-electron chi connectivity index (χ2n) is 3.85. The molecule has 0 radical (unpaired) electrons. The molecule has 16 heavy (non-hydrogen) atoms. The summed E-state index contributed by atoms with van der Waals surface area (Å²) in [5.74, 6) is 0.773. The van der Waals surface area contributed by atoms with Gasteiger partial charge in [0.05, 0.1) is 11.6 Å². The lowest BCUT2D eigenvalue weighted by atomic mass is 10.2. The summed E-state index contributed by atoms with van der Waals surface area (Å²) in [6, 6.07) is 6.71. The summed E-state index contributed by atoms with van der Waals surface area (Å²) in [5.41, 5.74) is 1.22. The Kier molecular flexibility index (Phi) is 5.39. The zero-order valence-electron chi connectivity index (χ0n) is 9.33. The molecule has 0 heterocycles. The van der Waals surface area contributed by atoms with Gasteiger partial charge < -0.3 is 10.1 Å². The molecular weight excluding hydrogens is 245 g/mol. The average Bonchev–Trinajstić information content (AvgIpc) is 3.03. The molecule has 2 nitrogen and oxygen atoms in total. The van der Waals surface area contributed by atoms with E-state index in [2.05, 4.69) is 11.4 Å². The number of nitrogens with one attached hydrogen (secondary N) is 1. The highest BCUT2D eigenvalue weighted by molar-refractivity contribution is 6.32. The molecule has 90 valence electrons. The van der Waals surface area contributed by atoms with E-state index in [1.807, 2.05) is 19.1 Å². The number of hydrogen-bond donors (Lipinski definition) is 1. The molecular formula is C12H17Cl2NO. The third kappa shape index (κ3) is 3.85. The van der Waals surface area contributed by atoms with Crippen LogP contribution in [0, 0.1) is 0 Å². The summed E-state index contributed by atoms with van der Waals surface area (Å²) in [5, 5.41) is 4.15. The normalized spacial score (nSPS) is 14.4. The SMILES string of the molecule is CCOc1ccc(CNC2CC2)cc1Cl.Cl. The summed E-state index contributed by atoms with van der Waals surface area (Å²) in [4.78, 5) is 0. The van der Waals surface area contributed by atoms with Crippen LogP contribution in [-0.4, -0.2) is 12.6 Å². The zero-order valence-corrected chi connectivity index (χ0v) is 10.9. The van der Waals surface area contributed by atoms with Crippen LogP contribution in [0.3, 0.4) is 0 Å². The van der Waals surface area contributed by atoms with Crippen molar-refractivity contribution >= 4 is 24.0 Å². The fourth-order valence-corrected chi connectivity index (χ4v) is 1.73. The van der Waals surface area contributed by atoms with Crippen molar-refractivity contribution in [3.63, 3.8) is 0 Å². The van der Waals surface area contributed by atoms with E-state index in [1.165, 1.54) is 18.4 Å². The van der Waals surface area contributed by atoms with Crippen molar-refractivity contribution in [3.8, 4) is 5.75 Å². The van der Waals surface area contributed by atoms with Crippen molar-refractivity contribution in [1.29, 1.82) is 0 Å². The van der Waals surface area contributed by atoms with Gasteiger partial charge in [-0.2, -0.15) is 0 Å². The van der Waals surface area contributed by atoms with Gasteiger partial charge in [-0.3, -0.25) is 0 Å². The van der Waals surface area contributed by atoms with Gasteiger partial charge in [-0.25, -0.2) is 0 Å². The van der Waals surface area contributed by atoms with Crippen LogP contribution in [0.1, 0.15) is 25.3 Å². The van der Waals surface area contributed by atoms with Gasteiger partial charge in [0.25, 0.3) is 0 Å². The Balaban J connectivity index is 0.00000128. The van der Waals surface area contributed by atoms with Crippen molar-refractivity contribution in [2.45, 2.75) is 32.4 Å². The van der Waals surface area contributed by atoms with Gasteiger partial charge in [0.2, 0.25) is 0 Å². The Bertz CT molecular complexity index is 340. The minimum atomic E-state index is 0. The maximum atomic E-state index is 6.09. The second-order valence-corrected chi connectivity index (χ2v) is 4.26. The Morgan fingerprint density at radius 3 is 2.75 bits per heavy atom. The first kappa shape index (κ1) is 13.6. The highest BCUT2D eigenvalue weighted by Crippen LogP contribution is 2.26. The van der Waals surface area contributed by atoms with E-state index < -0.39 is 0 Å². The molecule has 4 heteroatoms. The van der Waals surface area contributed by atoms with E-state index in [-0.39, 0.29) is 12.4 Å². The van der Waals surface area contributed by atoms with Crippen LogP contribution >= 0.6 is 24.0 Å². The van der Waals surface area contributed by atoms with Crippen molar-refractivity contribution < 1.29 is 4.74 Å². The molecule has 0 atom stereocenters. The minimum Gasteiger partial charge on any atom is -0.492 e. The minimum absolute atomic E-state index is 0. The summed E-state index contributed by atoms with van der Waals surface area (Å²) in [6.45, 7) is 3.51. The van der Waals surface area contributed by atoms with Crippen LogP contribution in [0.15, 0.2) is 18.2 Å². The van der Waals surface area contributed by atoms with E-state index in [9.17, 15) is 0 Å². The Hall–Kier alpha value is -0.440. The quantitative estimate of drug-likeness (QED) is 0.878. The van der Waals surface area contributed by atoms with Gasteiger partial charge in [0.1, 0.15) is 5.75 Å². The van der Waals surface area contributed by atoms with Crippen molar-refractivity contribution in [1.82, 2.24) is 5.32 Å². The van der Waals surface area contributed by atoms with E-state index in [4.69, 9.17) is 16.3 Å². The van der Waals surface area contributed by atoms with E-state index in [0.29, 0.717) is 11.6 Å². The van der Waals surface area contributed by atoms with Gasteiger partial charge in [-0.15, -0.1) is 12.4 Å². The smallest absolute Gasteiger partial charge is 0.137 e. The Morgan fingerprint density at radius 1 is 1.44 bits per heavy atom. The van der Waals surface area contributed by atoms with Gasteiger partial charge >= 0.3 is 0 Å². The van der Waals surface area contributed by atoms with Crippen LogP contribution in [0.25, 0.3) is 0 Å². The lowest BCUT2D eigenvalue weighted by Crippen LogP contribution is -2.15. The molecule has 1 N–H and O–H groups in total. The lowest BCUT2D eigenvalue weighted by molar-refractivity contribution is 0.340. The number of benzene rings is 1. The third-order valence-corrected chi connectivity index (χ3v) is 2.76. The molecule has 0 aromatic heterocycles. The second kappa shape index (κ2) is 6.33. The fourth-order valence-electron chi connectivity index (χ4n) is 1.48. The molecule has 0 amide bonds. The van der Waals surface area contributed by atoms with E-state index in [0.717, 1.165) is 18.3 Å². The number of rotatable bonds is 5. The number of ether oxygens (including phenoxy) is 1. The molecule has 1 aromatic rings. The predicted octanol–water partition coefficient (Wildman–Crippen LogP) is 3.41. The zero-order chi connectivity index (χ0) is 10.7. The average molecular weight is 262 g/mol. The fraction of sp³-hybridized carbons (Fsp3) is 0.500. The highest BCUT2D eigenvalue weighted by atomic mass is 35.5. The first-order valence-electron chi connectivity index (χ1n) is 5.44. The largest absolute Gasteiger partial charge is 0.492 e. The van der Waals surface area contributed by atoms with Crippen LogP contribution in [0.2, 0.25) is 5.02 Å². The molecule has 1 aromatic carbocycles. The molecule has 0 saturated heterocycles. The summed E-state index contributed by atoms with van der Waals surface area (Å²) >= 11 is 6.09. The van der Waals surface area contributed by atoms with Crippen molar-refractivity contribution in [2.75, 3.05) is 6.61 Å². The number of hydrogen-bond acceptors (Lipinski definition) is 2. The van der Waals surface area contributed by atoms with Crippen molar-refractivity contribution in [2.24, 2.45) is 0 Å². The third-order valence-electron chi connectivity index (χ3n) is 2.47. The van der Waals surface area contributed by atoms with Crippen LogP contribution < -0.4 is 10.1 Å². The van der Waals surface area contributed by atoms with E-state index >= 15 is 0 Å². The Labute approximate surface area is 108 Å². The van der Waals surface area contributed by atoms with Crippen LogP contribution in [0.5, 0.6) is 5.75 Å². The molecule has 1 fully saturated rings. The first-order chi connectivity index (χ1) is 7.29. The number of halogens is 2. The predicted molar refractivity (Wildman–Crippen MR) is 69.7 cm³/mol. The molecule has 1 aliphatic rings. The van der Waals surface area contributed by atoms with E-state index in [1.54, 1.807) is 0 Å². The topological polar surface area (TPSA) is 21.3 Å². The molecule has 1 aliphatic carbocycles. The van der Waals surface area contributed by atoms with Gasteiger partial charge in [0.15, 0.2) is 0 Å².